The zero-order chi connectivity index (χ0) is 14.7. The van der Waals surface area contributed by atoms with Crippen molar-refractivity contribution in [3.8, 4) is 0 Å². The number of hydrogen-bond donors (Lipinski definition) is 1. The lowest BCUT2D eigenvalue weighted by Crippen LogP contribution is -2.15. The Bertz CT molecular complexity index is 641. The number of pyridine rings is 1. The van der Waals surface area contributed by atoms with Gasteiger partial charge in [-0.2, -0.15) is 0 Å². The molecule has 1 aromatic carbocycles. The van der Waals surface area contributed by atoms with E-state index >= 15 is 0 Å². The van der Waals surface area contributed by atoms with Crippen LogP contribution >= 0.6 is 15.9 Å². The summed E-state index contributed by atoms with van der Waals surface area (Å²) in [6.45, 7) is 1.91. The van der Waals surface area contributed by atoms with Gasteiger partial charge >= 0.3 is 0 Å². The molecule has 0 bridgehead atoms. The second kappa shape index (κ2) is 6.05. The molecule has 2 rings (SSSR count). The minimum atomic E-state index is -0.161. The highest BCUT2D eigenvalue weighted by molar-refractivity contribution is 9.10. The summed E-state index contributed by atoms with van der Waals surface area (Å²) >= 11 is 3.35. The molecule has 0 fully saturated rings. The third-order valence-corrected chi connectivity index (χ3v) is 3.34. The molecular weight excluding hydrogens is 318 g/mol. The van der Waals surface area contributed by atoms with Crippen molar-refractivity contribution in [1.82, 2.24) is 4.98 Å². The summed E-state index contributed by atoms with van der Waals surface area (Å²) in [5.41, 5.74) is 2.51. The van der Waals surface area contributed by atoms with Gasteiger partial charge in [0.1, 0.15) is 5.82 Å². The number of nitrogens with zero attached hydrogens (tertiary/aromatic N) is 2. The minimum absolute atomic E-state index is 0.161. The van der Waals surface area contributed by atoms with Crippen LogP contribution < -0.4 is 10.2 Å². The van der Waals surface area contributed by atoms with Gasteiger partial charge in [0.15, 0.2) is 0 Å². The van der Waals surface area contributed by atoms with Gasteiger partial charge in [0.25, 0.3) is 5.91 Å². The third kappa shape index (κ3) is 3.36. The molecule has 0 saturated heterocycles. The number of amides is 1. The number of carbonyl (C=O) groups excluding carboxylic acids is 1. The first-order chi connectivity index (χ1) is 9.47. The van der Waals surface area contributed by atoms with Crippen molar-refractivity contribution in [3.63, 3.8) is 0 Å². The molecule has 1 heterocycles. The maximum absolute atomic E-state index is 12.2. The van der Waals surface area contributed by atoms with Crippen LogP contribution in [0.1, 0.15) is 15.9 Å². The summed E-state index contributed by atoms with van der Waals surface area (Å²) in [6, 6.07) is 9.38. The Kier molecular flexibility index (Phi) is 4.39. The van der Waals surface area contributed by atoms with Crippen LogP contribution in [-0.2, 0) is 0 Å². The van der Waals surface area contributed by atoms with Gasteiger partial charge in [0.05, 0.1) is 0 Å². The molecule has 0 aliphatic carbocycles. The zero-order valence-corrected chi connectivity index (χ0v) is 13.2. The molecule has 0 atom stereocenters. The van der Waals surface area contributed by atoms with E-state index in [1.54, 1.807) is 12.3 Å². The van der Waals surface area contributed by atoms with E-state index in [0.29, 0.717) is 11.4 Å². The Morgan fingerprint density at radius 3 is 2.70 bits per heavy atom. The first-order valence-corrected chi connectivity index (χ1v) is 6.97. The normalized spacial score (nSPS) is 10.2. The highest BCUT2D eigenvalue weighted by Crippen LogP contribution is 2.19. The van der Waals surface area contributed by atoms with E-state index < -0.39 is 0 Å². The zero-order valence-electron chi connectivity index (χ0n) is 11.6. The van der Waals surface area contributed by atoms with Gasteiger partial charge in [-0.3, -0.25) is 4.79 Å². The molecule has 0 spiro atoms. The quantitative estimate of drug-likeness (QED) is 0.935. The van der Waals surface area contributed by atoms with Crippen molar-refractivity contribution in [2.24, 2.45) is 0 Å². The van der Waals surface area contributed by atoms with Crippen LogP contribution in [0.2, 0.25) is 0 Å². The number of anilines is 2. The van der Waals surface area contributed by atoms with E-state index in [1.165, 1.54) is 0 Å². The van der Waals surface area contributed by atoms with Crippen molar-refractivity contribution in [3.05, 3.63) is 52.1 Å². The molecule has 0 saturated carbocycles. The van der Waals surface area contributed by atoms with Crippen molar-refractivity contribution >= 4 is 33.3 Å². The number of aryl methyl sites for hydroxylation is 1. The molecule has 4 nitrogen and oxygen atoms in total. The van der Waals surface area contributed by atoms with E-state index in [2.05, 4.69) is 26.2 Å². The lowest BCUT2D eigenvalue weighted by molar-refractivity contribution is 0.102. The van der Waals surface area contributed by atoms with Crippen molar-refractivity contribution in [2.75, 3.05) is 24.3 Å². The van der Waals surface area contributed by atoms with Crippen LogP contribution in [0, 0.1) is 6.92 Å². The summed E-state index contributed by atoms with van der Waals surface area (Å²) in [5, 5.41) is 2.83. The van der Waals surface area contributed by atoms with E-state index in [9.17, 15) is 4.79 Å². The molecule has 0 aliphatic heterocycles. The number of benzene rings is 1. The lowest BCUT2D eigenvalue weighted by Gasteiger charge is -2.13. The number of rotatable bonds is 3. The predicted molar refractivity (Wildman–Crippen MR) is 85.4 cm³/mol. The lowest BCUT2D eigenvalue weighted by atomic mass is 10.1. The molecule has 5 heteroatoms. The SMILES string of the molecule is Cc1cc(Br)cnc1NC(=O)c1cccc(N(C)C)c1. The van der Waals surface area contributed by atoms with Crippen LogP contribution in [-0.4, -0.2) is 25.0 Å². The second-order valence-corrected chi connectivity index (χ2v) is 5.63. The van der Waals surface area contributed by atoms with Crippen LogP contribution in [0.3, 0.4) is 0 Å². The third-order valence-electron chi connectivity index (χ3n) is 2.90. The number of hydrogen-bond acceptors (Lipinski definition) is 3. The first kappa shape index (κ1) is 14.5. The molecule has 0 radical (unpaired) electrons. The van der Waals surface area contributed by atoms with E-state index in [-0.39, 0.29) is 5.91 Å². The van der Waals surface area contributed by atoms with Crippen molar-refractivity contribution in [1.29, 1.82) is 0 Å². The number of halogens is 1. The molecule has 0 unspecified atom stereocenters. The topological polar surface area (TPSA) is 45.2 Å². The van der Waals surface area contributed by atoms with Gasteiger partial charge < -0.3 is 10.2 Å². The van der Waals surface area contributed by atoms with Gasteiger partial charge in [0.2, 0.25) is 0 Å². The van der Waals surface area contributed by atoms with Gasteiger partial charge in [-0.1, -0.05) is 6.07 Å². The fourth-order valence-corrected chi connectivity index (χ4v) is 2.22. The summed E-state index contributed by atoms with van der Waals surface area (Å²) in [7, 11) is 3.88. The van der Waals surface area contributed by atoms with E-state index in [0.717, 1.165) is 15.7 Å². The fraction of sp³-hybridized carbons (Fsp3) is 0.200. The Balaban J connectivity index is 2.21. The fourth-order valence-electron chi connectivity index (χ4n) is 1.78. The molecule has 2 aromatic rings. The number of nitrogens with one attached hydrogen (secondary N) is 1. The minimum Gasteiger partial charge on any atom is -0.378 e. The van der Waals surface area contributed by atoms with Crippen LogP contribution in [0.5, 0.6) is 0 Å². The Morgan fingerprint density at radius 2 is 2.05 bits per heavy atom. The maximum atomic E-state index is 12.2. The Labute approximate surface area is 127 Å². The number of aromatic nitrogens is 1. The molecule has 1 N–H and O–H groups in total. The summed E-state index contributed by atoms with van der Waals surface area (Å²) in [4.78, 5) is 18.4. The summed E-state index contributed by atoms with van der Waals surface area (Å²) in [6.07, 6.45) is 1.67. The van der Waals surface area contributed by atoms with E-state index in [1.807, 2.05) is 50.2 Å². The number of carbonyl (C=O) groups is 1. The highest BCUT2D eigenvalue weighted by atomic mass is 79.9. The van der Waals surface area contributed by atoms with Gasteiger partial charge in [-0.05, 0) is 52.7 Å². The average molecular weight is 334 g/mol. The average Bonchev–Trinajstić information content (AvgIpc) is 2.42. The molecular formula is C15H16BrN3O. The maximum Gasteiger partial charge on any atom is 0.256 e. The molecule has 0 aliphatic rings. The van der Waals surface area contributed by atoms with Gasteiger partial charge in [-0.25, -0.2) is 4.98 Å². The summed E-state index contributed by atoms with van der Waals surface area (Å²) < 4.78 is 0.891. The first-order valence-electron chi connectivity index (χ1n) is 6.18. The predicted octanol–water partition coefficient (Wildman–Crippen LogP) is 3.47. The second-order valence-electron chi connectivity index (χ2n) is 4.72. The largest absolute Gasteiger partial charge is 0.378 e. The Hall–Kier alpha value is -1.88. The van der Waals surface area contributed by atoms with Crippen LogP contribution in [0.15, 0.2) is 41.0 Å². The summed E-state index contributed by atoms with van der Waals surface area (Å²) in [5.74, 6) is 0.417. The monoisotopic (exact) mass is 333 g/mol. The molecule has 104 valence electrons. The van der Waals surface area contributed by atoms with Crippen LogP contribution in [0.25, 0.3) is 0 Å². The highest BCUT2D eigenvalue weighted by Gasteiger charge is 2.10. The van der Waals surface area contributed by atoms with Gasteiger partial charge in [-0.15, -0.1) is 0 Å². The Morgan fingerprint density at radius 1 is 1.30 bits per heavy atom. The van der Waals surface area contributed by atoms with Crippen molar-refractivity contribution in [2.45, 2.75) is 6.92 Å². The van der Waals surface area contributed by atoms with Crippen LogP contribution in [0.4, 0.5) is 11.5 Å². The molecule has 1 aromatic heterocycles. The van der Waals surface area contributed by atoms with E-state index in [4.69, 9.17) is 0 Å². The molecule has 20 heavy (non-hydrogen) atoms. The van der Waals surface area contributed by atoms with Crippen molar-refractivity contribution < 1.29 is 4.79 Å². The smallest absolute Gasteiger partial charge is 0.256 e. The van der Waals surface area contributed by atoms with Gasteiger partial charge in [0, 0.05) is 36.0 Å². The standard InChI is InChI=1S/C15H16BrN3O/c1-10-7-12(16)9-17-14(10)18-15(20)11-5-4-6-13(8-11)19(2)3/h4-9H,1-3H3,(H,17,18,20). The molecule has 1 amide bonds.